The van der Waals surface area contributed by atoms with E-state index in [4.69, 9.17) is 11.6 Å². The number of halogens is 2. The van der Waals surface area contributed by atoms with Crippen molar-refractivity contribution in [1.29, 1.82) is 0 Å². The molecule has 2 aromatic rings. The van der Waals surface area contributed by atoms with Crippen LogP contribution in [-0.2, 0) is 0 Å². The normalized spacial score (nSPS) is 33.2. The molecule has 0 aromatic carbocycles. The number of nitrogens with one attached hydrogen (secondary N) is 1. The molecule has 0 spiro atoms. The Kier molecular flexibility index (Phi) is 3.25. The first-order valence-electron chi connectivity index (χ1n) is 7.31. The standard InChI is InChI=1S/C14H16ClFN4O2/c15-9-4-8(17-2-1-16)10-14(19-9)20(5-18-10)11-6-3-7(6)12(21)13(11)22/h4-7,11-13,21-22H,1-3H2,(H,17,19)/t6-,7+,11+,12+,13-/m0/s1. The van der Waals surface area contributed by atoms with Gasteiger partial charge in [-0.1, -0.05) is 11.6 Å². The molecule has 5 atom stereocenters. The molecule has 0 saturated heterocycles. The molecule has 2 aromatic heterocycles. The predicted octanol–water partition coefficient (Wildman–Crippen LogP) is 1.38. The maximum Gasteiger partial charge on any atom is 0.164 e. The van der Waals surface area contributed by atoms with Crippen LogP contribution in [0, 0.1) is 11.8 Å². The van der Waals surface area contributed by atoms with Crippen molar-refractivity contribution in [3.63, 3.8) is 0 Å². The highest BCUT2D eigenvalue weighted by Crippen LogP contribution is 2.57. The number of nitrogens with zero attached hydrogens (tertiary/aromatic N) is 3. The lowest BCUT2D eigenvalue weighted by Crippen LogP contribution is -2.31. The molecule has 3 N–H and O–H groups in total. The number of pyridine rings is 1. The first-order chi connectivity index (χ1) is 10.6. The zero-order valence-corrected chi connectivity index (χ0v) is 12.4. The molecule has 0 radical (unpaired) electrons. The van der Waals surface area contributed by atoms with E-state index in [2.05, 4.69) is 15.3 Å². The molecule has 2 saturated carbocycles. The van der Waals surface area contributed by atoms with Crippen molar-refractivity contribution < 1.29 is 14.6 Å². The number of anilines is 1. The molecular weight excluding hydrogens is 311 g/mol. The third kappa shape index (κ3) is 2.00. The minimum Gasteiger partial charge on any atom is -0.390 e. The Labute approximate surface area is 130 Å². The summed E-state index contributed by atoms with van der Waals surface area (Å²) in [6.07, 6.45) is 0.978. The number of aliphatic hydroxyl groups excluding tert-OH is 2. The lowest BCUT2D eigenvalue weighted by molar-refractivity contribution is 0.00386. The fourth-order valence-electron chi connectivity index (χ4n) is 3.61. The minimum absolute atomic E-state index is 0.153. The first-order valence-corrected chi connectivity index (χ1v) is 7.68. The van der Waals surface area contributed by atoms with Gasteiger partial charge in [-0.25, -0.2) is 14.4 Å². The van der Waals surface area contributed by atoms with Crippen molar-refractivity contribution >= 4 is 28.5 Å². The Balaban J connectivity index is 1.78. The van der Waals surface area contributed by atoms with Crippen LogP contribution in [0.5, 0.6) is 0 Å². The quantitative estimate of drug-likeness (QED) is 0.739. The van der Waals surface area contributed by atoms with E-state index in [9.17, 15) is 14.6 Å². The van der Waals surface area contributed by atoms with Gasteiger partial charge in [0.15, 0.2) is 5.65 Å². The topological polar surface area (TPSA) is 83.2 Å². The van der Waals surface area contributed by atoms with E-state index < -0.39 is 18.9 Å². The van der Waals surface area contributed by atoms with Gasteiger partial charge in [0.05, 0.1) is 24.2 Å². The van der Waals surface area contributed by atoms with Gasteiger partial charge in [-0.2, -0.15) is 0 Å². The fourth-order valence-corrected chi connectivity index (χ4v) is 3.80. The number of fused-ring (bicyclic) bond motifs is 2. The average Bonchev–Trinajstić information content (AvgIpc) is 3.11. The van der Waals surface area contributed by atoms with E-state index in [0.29, 0.717) is 16.9 Å². The van der Waals surface area contributed by atoms with Crippen molar-refractivity contribution in [1.82, 2.24) is 14.5 Å². The number of aliphatic hydroxyl groups is 2. The third-order valence-corrected chi connectivity index (χ3v) is 4.89. The van der Waals surface area contributed by atoms with Crippen molar-refractivity contribution in [2.45, 2.75) is 24.7 Å². The van der Waals surface area contributed by atoms with Gasteiger partial charge < -0.3 is 20.1 Å². The monoisotopic (exact) mass is 326 g/mol. The van der Waals surface area contributed by atoms with Crippen LogP contribution in [0.3, 0.4) is 0 Å². The zero-order valence-electron chi connectivity index (χ0n) is 11.7. The van der Waals surface area contributed by atoms with Crippen LogP contribution in [0.4, 0.5) is 10.1 Å². The summed E-state index contributed by atoms with van der Waals surface area (Å²) in [4.78, 5) is 8.63. The SMILES string of the molecule is O[C@@H]1[C@H](O)[C@@H]2C[C@@H]2[C@H]1n1cnc2c(NCCF)cc(Cl)nc21. The molecule has 8 heteroatoms. The van der Waals surface area contributed by atoms with Gasteiger partial charge in [0.2, 0.25) is 0 Å². The maximum atomic E-state index is 12.4. The van der Waals surface area contributed by atoms with Gasteiger partial charge in [-0.15, -0.1) is 0 Å². The van der Waals surface area contributed by atoms with Gasteiger partial charge in [0.25, 0.3) is 0 Å². The molecule has 2 fully saturated rings. The van der Waals surface area contributed by atoms with Gasteiger partial charge in [0.1, 0.15) is 23.4 Å². The molecule has 0 bridgehead atoms. The Morgan fingerprint density at radius 2 is 2.18 bits per heavy atom. The molecule has 2 aliphatic carbocycles. The van der Waals surface area contributed by atoms with Crippen LogP contribution < -0.4 is 5.32 Å². The van der Waals surface area contributed by atoms with E-state index in [0.717, 1.165) is 6.42 Å². The highest BCUT2D eigenvalue weighted by Gasteiger charge is 2.60. The molecule has 0 amide bonds. The van der Waals surface area contributed by atoms with Crippen LogP contribution in [-0.4, -0.2) is 50.2 Å². The van der Waals surface area contributed by atoms with Gasteiger partial charge >= 0.3 is 0 Å². The molecular formula is C14H16ClFN4O2. The number of hydrogen-bond acceptors (Lipinski definition) is 5. The van der Waals surface area contributed by atoms with Crippen molar-refractivity contribution in [2.75, 3.05) is 18.5 Å². The summed E-state index contributed by atoms with van der Waals surface area (Å²) >= 11 is 6.05. The van der Waals surface area contributed by atoms with Gasteiger partial charge in [-0.05, 0) is 18.3 Å². The van der Waals surface area contributed by atoms with Crippen LogP contribution in [0.15, 0.2) is 12.4 Å². The smallest absolute Gasteiger partial charge is 0.164 e. The molecule has 2 aliphatic rings. The van der Waals surface area contributed by atoms with Crippen molar-refractivity contribution in [3.8, 4) is 0 Å². The molecule has 118 valence electrons. The summed E-state index contributed by atoms with van der Waals surface area (Å²) in [5.41, 5.74) is 1.74. The van der Waals surface area contributed by atoms with Crippen LogP contribution in [0.25, 0.3) is 11.2 Å². The van der Waals surface area contributed by atoms with Crippen LogP contribution in [0.1, 0.15) is 12.5 Å². The van der Waals surface area contributed by atoms with Gasteiger partial charge in [0, 0.05) is 12.6 Å². The van der Waals surface area contributed by atoms with E-state index in [1.54, 1.807) is 17.0 Å². The maximum absolute atomic E-state index is 12.4. The Hall–Kier alpha value is -1.44. The Morgan fingerprint density at radius 3 is 2.86 bits per heavy atom. The number of aromatic nitrogens is 3. The fraction of sp³-hybridized carbons (Fsp3) is 0.571. The molecule has 0 unspecified atom stereocenters. The van der Waals surface area contributed by atoms with Gasteiger partial charge in [-0.3, -0.25) is 0 Å². The summed E-state index contributed by atoms with van der Waals surface area (Å²) in [7, 11) is 0. The minimum atomic E-state index is -0.829. The highest BCUT2D eigenvalue weighted by molar-refractivity contribution is 6.30. The largest absolute Gasteiger partial charge is 0.390 e. The first kappa shape index (κ1) is 14.2. The second-order valence-electron chi connectivity index (χ2n) is 5.97. The van der Waals surface area contributed by atoms with Crippen LogP contribution in [0.2, 0.25) is 5.15 Å². The lowest BCUT2D eigenvalue weighted by Gasteiger charge is -2.22. The number of alkyl halides is 1. The second kappa shape index (κ2) is 5.04. The summed E-state index contributed by atoms with van der Waals surface area (Å²) in [6.45, 7) is -0.336. The Morgan fingerprint density at radius 1 is 1.36 bits per heavy atom. The predicted molar refractivity (Wildman–Crippen MR) is 79.7 cm³/mol. The zero-order chi connectivity index (χ0) is 15.4. The number of hydrogen-bond donors (Lipinski definition) is 3. The van der Waals surface area contributed by atoms with Crippen LogP contribution >= 0.6 is 11.6 Å². The number of imidazole rings is 1. The molecule has 22 heavy (non-hydrogen) atoms. The van der Waals surface area contributed by atoms with E-state index in [-0.39, 0.29) is 29.6 Å². The summed E-state index contributed by atoms with van der Waals surface area (Å²) in [5.74, 6) is 0.395. The third-order valence-electron chi connectivity index (χ3n) is 4.70. The average molecular weight is 327 g/mol. The molecule has 6 nitrogen and oxygen atoms in total. The van der Waals surface area contributed by atoms with E-state index in [1.165, 1.54) is 0 Å². The molecule has 0 aliphatic heterocycles. The van der Waals surface area contributed by atoms with Crippen molar-refractivity contribution in [2.24, 2.45) is 11.8 Å². The molecule has 2 heterocycles. The summed E-state index contributed by atoms with van der Waals surface area (Å²) in [6, 6.07) is 1.36. The Bertz CT molecular complexity index is 724. The summed E-state index contributed by atoms with van der Waals surface area (Å²) < 4.78 is 14.2. The number of rotatable bonds is 4. The van der Waals surface area contributed by atoms with Crippen molar-refractivity contribution in [3.05, 3.63) is 17.5 Å². The van der Waals surface area contributed by atoms with E-state index in [1.807, 2.05) is 0 Å². The highest BCUT2D eigenvalue weighted by atomic mass is 35.5. The summed E-state index contributed by atoms with van der Waals surface area (Å²) in [5, 5.41) is 23.4. The second-order valence-corrected chi connectivity index (χ2v) is 6.35. The van der Waals surface area contributed by atoms with E-state index >= 15 is 0 Å². The molecule has 4 rings (SSSR count). The lowest BCUT2D eigenvalue weighted by atomic mass is 10.1.